The number of halogens is 4. The molecule has 14 heavy (non-hydrogen) atoms. The van der Waals surface area contributed by atoms with Crippen molar-refractivity contribution < 1.29 is 13.7 Å². The summed E-state index contributed by atoms with van der Waals surface area (Å²) in [6.45, 7) is 0. The molecule has 0 atom stereocenters. The molecule has 1 aromatic rings. The van der Waals surface area contributed by atoms with Crippen LogP contribution in [-0.2, 0) is 0 Å². The van der Waals surface area contributed by atoms with E-state index in [2.05, 4.69) is 4.98 Å². The summed E-state index contributed by atoms with van der Waals surface area (Å²) in [4.78, 5) is 13.1. The Labute approximate surface area is 105 Å². The maximum Gasteiger partial charge on any atom is 0.377 e. The van der Waals surface area contributed by atoms with E-state index in [4.69, 9.17) is 0 Å². The normalized spacial score (nSPS) is 10.6. The van der Waals surface area contributed by atoms with Gasteiger partial charge in [-0.2, -0.15) is 0 Å². The first-order valence-corrected chi connectivity index (χ1v) is 5.37. The first-order chi connectivity index (χ1) is 6.45. The van der Waals surface area contributed by atoms with Crippen LogP contribution >= 0.6 is 45.2 Å². The molecule has 0 aliphatic heterocycles. The largest absolute Gasteiger partial charge is 0.377 e. The summed E-state index contributed by atoms with van der Waals surface area (Å²) in [5.41, 5.74) is -0.326. The molecule has 0 spiro atoms. The lowest BCUT2D eigenvalue weighted by molar-refractivity contribution is -0.390. The van der Waals surface area contributed by atoms with Gasteiger partial charge in [-0.1, -0.05) is 0 Å². The lowest BCUT2D eigenvalue weighted by Crippen LogP contribution is -2.02. The van der Waals surface area contributed by atoms with Gasteiger partial charge >= 0.3 is 5.82 Å². The van der Waals surface area contributed by atoms with Crippen molar-refractivity contribution in [2.45, 2.75) is 6.43 Å². The molecule has 0 unspecified atom stereocenters. The van der Waals surface area contributed by atoms with E-state index in [1.54, 1.807) is 22.6 Å². The van der Waals surface area contributed by atoms with Crippen molar-refractivity contribution in [3.05, 3.63) is 29.0 Å². The van der Waals surface area contributed by atoms with Gasteiger partial charge in [0.1, 0.15) is 3.57 Å². The molecule has 1 rings (SSSR count). The van der Waals surface area contributed by atoms with E-state index in [0.29, 0.717) is 0 Å². The SMILES string of the molecule is O=[N+]([O-])c1ncc(I)c(C(F)F)c1I. The Morgan fingerprint density at radius 2 is 2.07 bits per heavy atom. The summed E-state index contributed by atoms with van der Waals surface area (Å²) in [5, 5.41) is 10.4. The van der Waals surface area contributed by atoms with E-state index in [9.17, 15) is 18.9 Å². The summed E-state index contributed by atoms with van der Waals surface area (Å²) >= 11 is 3.18. The van der Waals surface area contributed by atoms with Crippen LogP contribution in [0.1, 0.15) is 12.0 Å². The molecule has 0 amide bonds. The van der Waals surface area contributed by atoms with Gasteiger partial charge in [-0.3, -0.25) is 0 Å². The molecule has 8 heteroatoms. The molecular weight excluding hydrogens is 424 g/mol. The van der Waals surface area contributed by atoms with Crippen LogP contribution in [-0.4, -0.2) is 9.91 Å². The van der Waals surface area contributed by atoms with Gasteiger partial charge in [0, 0.05) is 0 Å². The van der Waals surface area contributed by atoms with Gasteiger partial charge in [0.2, 0.25) is 0 Å². The smallest absolute Gasteiger partial charge is 0.358 e. The van der Waals surface area contributed by atoms with E-state index in [-0.39, 0.29) is 12.7 Å². The zero-order valence-corrected chi connectivity index (χ0v) is 10.7. The predicted molar refractivity (Wildman–Crippen MR) is 61.3 cm³/mol. The maximum absolute atomic E-state index is 12.5. The quantitative estimate of drug-likeness (QED) is 0.415. The predicted octanol–water partition coefficient (Wildman–Crippen LogP) is 3.14. The van der Waals surface area contributed by atoms with Crippen LogP contribution in [0.3, 0.4) is 0 Å². The summed E-state index contributed by atoms with van der Waals surface area (Å²) in [6, 6.07) is 0. The first kappa shape index (κ1) is 11.9. The second-order valence-corrected chi connectivity index (χ2v) is 4.46. The highest BCUT2D eigenvalue weighted by Crippen LogP contribution is 2.32. The zero-order valence-electron chi connectivity index (χ0n) is 6.38. The monoisotopic (exact) mass is 426 g/mol. The maximum atomic E-state index is 12.5. The Kier molecular flexibility index (Phi) is 3.92. The van der Waals surface area contributed by atoms with E-state index in [1.807, 2.05) is 0 Å². The van der Waals surface area contributed by atoms with E-state index in [0.717, 1.165) is 6.20 Å². The molecule has 0 saturated heterocycles. The van der Waals surface area contributed by atoms with Crippen LogP contribution in [0.25, 0.3) is 0 Å². The highest BCUT2D eigenvalue weighted by molar-refractivity contribution is 14.1. The molecule has 4 nitrogen and oxygen atoms in total. The van der Waals surface area contributed by atoms with Gasteiger partial charge < -0.3 is 10.1 Å². The lowest BCUT2D eigenvalue weighted by atomic mass is 10.3. The van der Waals surface area contributed by atoms with Gasteiger partial charge in [-0.25, -0.2) is 8.78 Å². The Morgan fingerprint density at radius 3 is 2.50 bits per heavy atom. The van der Waals surface area contributed by atoms with Crippen molar-refractivity contribution in [3.63, 3.8) is 0 Å². The minimum absolute atomic E-state index is 0.102. The topological polar surface area (TPSA) is 56.0 Å². The first-order valence-electron chi connectivity index (χ1n) is 3.21. The average Bonchev–Trinajstić information content (AvgIpc) is 2.02. The van der Waals surface area contributed by atoms with Crippen LogP contribution < -0.4 is 0 Å². The van der Waals surface area contributed by atoms with Crippen molar-refractivity contribution in [2.24, 2.45) is 0 Å². The number of hydrogen-bond donors (Lipinski definition) is 0. The summed E-state index contributed by atoms with van der Waals surface area (Å²) in [7, 11) is 0. The Hall–Kier alpha value is -0.130. The molecular formula is C6H2F2I2N2O2. The molecule has 0 aliphatic rings. The summed E-state index contributed by atoms with van der Waals surface area (Å²) in [5.74, 6) is -0.527. The van der Waals surface area contributed by atoms with Crippen molar-refractivity contribution in [1.82, 2.24) is 4.98 Å². The third kappa shape index (κ3) is 2.27. The van der Waals surface area contributed by atoms with E-state index < -0.39 is 17.2 Å². The molecule has 0 aromatic carbocycles. The third-order valence-corrected chi connectivity index (χ3v) is 3.30. The van der Waals surface area contributed by atoms with Crippen LogP contribution in [0, 0.1) is 17.3 Å². The number of rotatable bonds is 2. The minimum Gasteiger partial charge on any atom is -0.358 e. The van der Waals surface area contributed by atoms with Gasteiger partial charge in [-0.15, -0.1) is 0 Å². The summed E-state index contributed by atoms with van der Waals surface area (Å²) in [6.07, 6.45) is -1.65. The number of pyridine rings is 1. The van der Waals surface area contributed by atoms with Gasteiger partial charge in [-0.05, 0) is 55.1 Å². The Balaban J connectivity index is 3.41. The fraction of sp³-hybridized carbons (Fsp3) is 0.167. The second kappa shape index (κ2) is 4.59. The van der Waals surface area contributed by atoms with Crippen molar-refractivity contribution in [3.8, 4) is 0 Å². The molecule has 1 heterocycles. The highest BCUT2D eigenvalue weighted by Gasteiger charge is 2.25. The molecule has 76 valence electrons. The second-order valence-electron chi connectivity index (χ2n) is 2.22. The third-order valence-electron chi connectivity index (χ3n) is 1.38. The number of nitrogens with zero attached hydrogens (tertiary/aromatic N) is 2. The van der Waals surface area contributed by atoms with Crippen LogP contribution in [0.4, 0.5) is 14.6 Å². The lowest BCUT2D eigenvalue weighted by Gasteiger charge is -2.04. The van der Waals surface area contributed by atoms with Crippen LogP contribution in [0.15, 0.2) is 6.20 Å². The van der Waals surface area contributed by atoms with Gasteiger partial charge in [0.05, 0.1) is 9.13 Å². The number of hydrogen-bond acceptors (Lipinski definition) is 3. The van der Waals surface area contributed by atoms with E-state index >= 15 is 0 Å². The Morgan fingerprint density at radius 1 is 1.50 bits per heavy atom. The fourth-order valence-corrected chi connectivity index (χ4v) is 2.82. The van der Waals surface area contributed by atoms with Gasteiger partial charge in [0.25, 0.3) is 6.43 Å². The molecule has 0 aliphatic carbocycles. The highest BCUT2D eigenvalue weighted by atomic mass is 127. The molecule has 0 saturated carbocycles. The standard InChI is InChI=1S/C6H2F2I2N2O2/c7-5(8)3-2(9)1-11-6(4(3)10)12(13)14/h1,5H. The molecule has 1 aromatic heterocycles. The number of alkyl halides is 2. The molecule has 0 bridgehead atoms. The van der Waals surface area contributed by atoms with Crippen molar-refractivity contribution in [1.29, 1.82) is 0 Å². The van der Waals surface area contributed by atoms with Crippen LogP contribution in [0.5, 0.6) is 0 Å². The number of aromatic nitrogens is 1. The Bertz CT molecular complexity index is 386. The molecule has 0 N–H and O–H groups in total. The van der Waals surface area contributed by atoms with Crippen molar-refractivity contribution in [2.75, 3.05) is 0 Å². The van der Waals surface area contributed by atoms with Gasteiger partial charge in [0.15, 0.2) is 6.20 Å². The van der Waals surface area contributed by atoms with Crippen LogP contribution in [0.2, 0.25) is 0 Å². The fourth-order valence-electron chi connectivity index (χ4n) is 0.797. The zero-order chi connectivity index (χ0) is 10.9. The molecule has 0 radical (unpaired) electrons. The molecule has 0 fully saturated rings. The number of nitro groups is 1. The average molecular weight is 426 g/mol. The van der Waals surface area contributed by atoms with E-state index in [1.165, 1.54) is 22.6 Å². The van der Waals surface area contributed by atoms with Crippen molar-refractivity contribution >= 4 is 51.0 Å². The summed E-state index contributed by atoms with van der Waals surface area (Å²) < 4.78 is 25.1. The minimum atomic E-state index is -2.73.